The van der Waals surface area contributed by atoms with Gasteiger partial charge in [0.15, 0.2) is 11.6 Å². The van der Waals surface area contributed by atoms with Gasteiger partial charge in [-0.3, -0.25) is 4.79 Å². The number of carbonyl (C=O) groups excluding carboxylic acids is 1. The number of hydrogen-bond acceptors (Lipinski definition) is 10. The summed E-state index contributed by atoms with van der Waals surface area (Å²) in [6, 6.07) is 3.90. The fraction of sp³-hybridized carbons (Fsp3) is 0.586. The zero-order chi connectivity index (χ0) is 29.2. The molecule has 12 nitrogen and oxygen atoms in total. The minimum atomic E-state index is -0.226. The van der Waals surface area contributed by atoms with Crippen LogP contribution < -0.4 is 20.5 Å². The van der Waals surface area contributed by atoms with Crippen molar-refractivity contribution in [3.63, 3.8) is 0 Å². The Bertz CT molecular complexity index is 1280. The fourth-order valence-corrected chi connectivity index (χ4v) is 5.20. The Morgan fingerprint density at radius 3 is 2.73 bits per heavy atom. The van der Waals surface area contributed by atoms with Crippen LogP contribution in [0.2, 0.25) is 0 Å². The molecule has 0 bridgehead atoms. The van der Waals surface area contributed by atoms with E-state index in [1.165, 1.54) is 0 Å². The zero-order valence-corrected chi connectivity index (χ0v) is 24.5. The topological polar surface area (TPSA) is 152 Å². The first-order valence-electron chi connectivity index (χ1n) is 14.4. The van der Waals surface area contributed by atoms with Crippen molar-refractivity contribution in [1.82, 2.24) is 35.3 Å². The second-order valence-corrected chi connectivity index (χ2v) is 10.7. The van der Waals surface area contributed by atoms with Crippen molar-refractivity contribution in [2.45, 2.75) is 64.9 Å². The van der Waals surface area contributed by atoms with Gasteiger partial charge in [0.25, 0.3) is 5.91 Å². The van der Waals surface area contributed by atoms with E-state index >= 15 is 0 Å². The van der Waals surface area contributed by atoms with Crippen molar-refractivity contribution < 1.29 is 19.0 Å². The monoisotopic (exact) mass is 566 g/mol. The van der Waals surface area contributed by atoms with E-state index in [0.717, 1.165) is 61.9 Å². The predicted octanol–water partition coefficient (Wildman–Crippen LogP) is 3.62. The van der Waals surface area contributed by atoms with E-state index in [9.17, 15) is 4.79 Å². The van der Waals surface area contributed by atoms with Crippen LogP contribution in [0.5, 0.6) is 11.8 Å². The molecule has 3 heterocycles. The average Bonchev–Trinajstić information content (AvgIpc) is 3.25. The third-order valence-corrected chi connectivity index (χ3v) is 7.42. The molecule has 1 saturated carbocycles. The standard InChI is InChI=1S/C29H42N8O4/c1-5-31-28(38)24-14-23(34-29(35-24)41-19(2)17-39-4)12-11-20-7-6-8-21(10-9-20)18-40-26-13-22(15-32-27(26)30)25-16-33-36-37(25)3/h13-16,19-21H,5-12,17-18H2,1-4H3,(H2,30,32)(H,31,38)/t19-,20?,21?/m1/s1. The first-order valence-corrected chi connectivity index (χ1v) is 14.4. The second kappa shape index (κ2) is 14.7. The lowest BCUT2D eigenvalue weighted by Crippen LogP contribution is -2.25. The van der Waals surface area contributed by atoms with Gasteiger partial charge in [0, 0.05) is 38.2 Å². The normalized spacial score (nSPS) is 18.0. The number of methoxy groups -OCH3 is 1. The molecule has 1 amide bonds. The van der Waals surface area contributed by atoms with Crippen molar-refractivity contribution in [3.05, 3.63) is 35.9 Å². The van der Waals surface area contributed by atoms with Crippen LogP contribution in [0, 0.1) is 11.8 Å². The summed E-state index contributed by atoms with van der Waals surface area (Å²) in [5.41, 5.74) is 8.98. The van der Waals surface area contributed by atoms with E-state index in [1.807, 2.05) is 27.0 Å². The van der Waals surface area contributed by atoms with Crippen molar-refractivity contribution in [3.8, 4) is 23.0 Å². The van der Waals surface area contributed by atoms with Crippen LogP contribution in [-0.2, 0) is 18.2 Å². The maximum Gasteiger partial charge on any atom is 0.317 e. The number of anilines is 1. The van der Waals surface area contributed by atoms with Crippen LogP contribution in [0.25, 0.3) is 11.3 Å². The SMILES string of the molecule is CCNC(=O)c1cc(CCC2CCCC(COc3cc(-c4cnnn4C)cnc3N)CC2)nc(O[C@H](C)COC)n1. The summed E-state index contributed by atoms with van der Waals surface area (Å²) in [7, 11) is 3.46. The molecule has 41 heavy (non-hydrogen) atoms. The molecule has 0 saturated heterocycles. The number of aromatic nitrogens is 6. The Labute approximate surface area is 241 Å². The molecule has 0 aromatic carbocycles. The summed E-state index contributed by atoms with van der Waals surface area (Å²) in [5.74, 6) is 1.77. The summed E-state index contributed by atoms with van der Waals surface area (Å²) < 4.78 is 18.9. The van der Waals surface area contributed by atoms with Crippen LogP contribution in [0.4, 0.5) is 5.82 Å². The van der Waals surface area contributed by atoms with Gasteiger partial charge in [-0.25, -0.2) is 14.6 Å². The van der Waals surface area contributed by atoms with Gasteiger partial charge in [-0.2, -0.15) is 4.98 Å². The van der Waals surface area contributed by atoms with E-state index in [2.05, 4.69) is 30.6 Å². The number of pyridine rings is 1. The van der Waals surface area contributed by atoms with Crippen molar-refractivity contribution in [2.24, 2.45) is 18.9 Å². The highest BCUT2D eigenvalue weighted by atomic mass is 16.5. The highest BCUT2D eigenvalue weighted by Gasteiger charge is 2.21. The van der Waals surface area contributed by atoms with Crippen LogP contribution >= 0.6 is 0 Å². The highest BCUT2D eigenvalue weighted by Crippen LogP contribution is 2.32. The van der Waals surface area contributed by atoms with E-state index in [4.69, 9.17) is 19.9 Å². The van der Waals surface area contributed by atoms with Crippen molar-refractivity contribution in [2.75, 3.05) is 32.6 Å². The number of ether oxygens (including phenoxy) is 3. The number of nitrogens with zero attached hydrogens (tertiary/aromatic N) is 6. The molecule has 1 aliphatic carbocycles. The molecular formula is C29H42N8O4. The predicted molar refractivity (Wildman–Crippen MR) is 155 cm³/mol. The molecule has 3 atom stereocenters. The van der Waals surface area contributed by atoms with Gasteiger partial charge < -0.3 is 25.3 Å². The number of rotatable bonds is 13. The first-order chi connectivity index (χ1) is 19.9. The number of nitrogens with one attached hydrogen (secondary N) is 1. The molecule has 222 valence electrons. The lowest BCUT2D eigenvalue weighted by Gasteiger charge is -2.17. The quantitative estimate of drug-likeness (QED) is 0.293. The summed E-state index contributed by atoms with van der Waals surface area (Å²) in [6.07, 6.45) is 10.5. The summed E-state index contributed by atoms with van der Waals surface area (Å²) in [5, 5.41) is 10.7. The Morgan fingerprint density at radius 2 is 1.98 bits per heavy atom. The van der Waals surface area contributed by atoms with E-state index in [-0.39, 0.29) is 18.0 Å². The van der Waals surface area contributed by atoms with Crippen molar-refractivity contribution in [1.29, 1.82) is 0 Å². The summed E-state index contributed by atoms with van der Waals surface area (Å²) >= 11 is 0. The van der Waals surface area contributed by atoms with E-state index < -0.39 is 0 Å². The molecule has 3 N–H and O–H groups in total. The lowest BCUT2D eigenvalue weighted by molar-refractivity contribution is 0.0841. The number of aryl methyl sites for hydroxylation is 2. The molecule has 1 aliphatic rings. The van der Waals surface area contributed by atoms with E-state index in [1.54, 1.807) is 30.3 Å². The highest BCUT2D eigenvalue weighted by molar-refractivity contribution is 5.92. The maximum absolute atomic E-state index is 12.5. The number of nitrogen functional groups attached to an aromatic ring is 1. The summed E-state index contributed by atoms with van der Waals surface area (Å²) in [6.45, 7) is 5.31. The Kier molecular flexibility index (Phi) is 10.8. The van der Waals surface area contributed by atoms with Gasteiger partial charge in [0.2, 0.25) is 0 Å². The average molecular weight is 567 g/mol. The van der Waals surface area contributed by atoms with Crippen LogP contribution in [0.3, 0.4) is 0 Å². The molecule has 3 aromatic heterocycles. The zero-order valence-electron chi connectivity index (χ0n) is 24.5. The molecule has 3 aromatic rings. The minimum Gasteiger partial charge on any atom is -0.489 e. The molecule has 0 aliphatic heterocycles. The largest absolute Gasteiger partial charge is 0.489 e. The third-order valence-electron chi connectivity index (χ3n) is 7.42. The first kappa shape index (κ1) is 30.2. The van der Waals surface area contributed by atoms with Gasteiger partial charge >= 0.3 is 6.01 Å². The Hall–Kier alpha value is -3.80. The van der Waals surface area contributed by atoms with Gasteiger partial charge in [-0.05, 0) is 63.5 Å². The third kappa shape index (κ3) is 8.59. The molecule has 0 radical (unpaired) electrons. The Morgan fingerprint density at radius 1 is 1.17 bits per heavy atom. The fourth-order valence-electron chi connectivity index (χ4n) is 5.20. The molecule has 0 spiro atoms. The summed E-state index contributed by atoms with van der Waals surface area (Å²) in [4.78, 5) is 25.8. The van der Waals surface area contributed by atoms with E-state index in [0.29, 0.717) is 48.9 Å². The van der Waals surface area contributed by atoms with Gasteiger partial charge in [-0.15, -0.1) is 5.10 Å². The molecule has 4 rings (SSSR count). The maximum atomic E-state index is 12.5. The lowest BCUT2D eigenvalue weighted by atomic mass is 9.93. The Balaban J connectivity index is 1.32. The van der Waals surface area contributed by atoms with Gasteiger partial charge in [0.1, 0.15) is 11.8 Å². The minimum absolute atomic E-state index is 0.212. The second-order valence-electron chi connectivity index (χ2n) is 10.7. The molecular weight excluding hydrogens is 524 g/mol. The number of nitrogens with two attached hydrogens (primary N) is 1. The van der Waals surface area contributed by atoms with Gasteiger partial charge in [-0.1, -0.05) is 24.5 Å². The number of hydrogen-bond donors (Lipinski definition) is 2. The number of carbonyl (C=O) groups is 1. The van der Waals surface area contributed by atoms with Crippen molar-refractivity contribution >= 4 is 11.7 Å². The van der Waals surface area contributed by atoms with Crippen LogP contribution in [-0.4, -0.2) is 68.8 Å². The number of amides is 1. The molecule has 1 fully saturated rings. The molecule has 12 heteroatoms. The smallest absolute Gasteiger partial charge is 0.317 e. The van der Waals surface area contributed by atoms with Crippen LogP contribution in [0.15, 0.2) is 24.5 Å². The van der Waals surface area contributed by atoms with Crippen LogP contribution in [0.1, 0.15) is 68.6 Å². The van der Waals surface area contributed by atoms with Gasteiger partial charge in [0.05, 0.1) is 25.1 Å². The molecule has 2 unspecified atom stereocenters.